The Morgan fingerprint density at radius 3 is 2.54 bits per heavy atom. The van der Waals surface area contributed by atoms with E-state index in [2.05, 4.69) is 10.6 Å². The normalized spacial score (nSPS) is 14.0. The first kappa shape index (κ1) is 17.9. The fourth-order valence-electron chi connectivity index (χ4n) is 3.08. The lowest BCUT2D eigenvalue weighted by Crippen LogP contribution is -2.14. The second-order valence-corrected chi connectivity index (χ2v) is 6.37. The first-order valence-corrected chi connectivity index (χ1v) is 8.81. The van der Waals surface area contributed by atoms with Crippen molar-refractivity contribution in [2.45, 2.75) is 38.3 Å². The zero-order valence-electron chi connectivity index (χ0n) is 14.8. The highest BCUT2D eigenvalue weighted by Crippen LogP contribution is 2.32. The summed E-state index contributed by atoms with van der Waals surface area (Å²) in [6, 6.07) is 13.3. The van der Waals surface area contributed by atoms with E-state index in [0.29, 0.717) is 18.0 Å². The van der Waals surface area contributed by atoms with Crippen molar-refractivity contribution >= 4 is 17.5 Å². The third-order valence-corrected chi connectivity index (χ3v) is 4.47. The number of hydrogen-bond acceptors (Lipinski definition) is 4. The van der Waals surface area contributed by atoms with E-state index in [4.69, 9.17) is 14.6 Å². The third kappa shape index (κ3) is 4.81. The summed E-state index contributed by atoms with van der Waals surface area (Å²) in [5.74, 6) is 1.39. The predicted octanol–water partition coefficient (Wildman–Crippen LogP) is 4.72. The van der Waals surface area contributed by atoms with Crippen LogP contribution in [0.1, 0.15) is 31.2 Å². The highest BCUT2D eigenvalue weighted by Gasteiger charge is 2.19. The molecule has 0 bridgehead atoms. The van der Waals surface area contributed by atoms with Crippen LogP contribution in [0.15, 0.2) is 42.5 Å². The van der Waals surface area contributed by atoms with E-state index in [9.17, 15) is 4.79 Å². The summed E-state index contributed by atoms with van der Waals surface area (Å²) in [4.78, 5) is 11.0. The molecule has 1 aliphatic rings. The maximum atomic E-state index is 11.0. The number of methoxy groups -OCH3 is 1. The second-order valence-electron chi connectivity index (χ2n) is 6.37. The van der Waals surface area contributed by atoms with Crippen molar-refractivity contribution in [3.8, 4) is 11.5 Å². The van der Waals surface area contributed by atoms with Gasteiger partial charge in [-0.2, -0.15) is 0 Å². The van der Waals surface area contributed by atoms with Gasteiger partial charge in [-0.1, -0.05) is 12.1 Å². The smallest absolute Gasteiger partial charge is 0.409 e. The maximum Gasteiger partial charge on any atom is 0.409 e. The number of benzene rings is 2. The van der Waals surface area contributed by atoms with Gasteiger partial charge in [-0.05, 0) is 55.5 Å². The molecule has 26 heavy (non-hydrogen) atoms. The van der Waals surface area contributed by atoms with Crippen LogP contribution in [0.2, 0.25) is 0 Å². The second kappa shape index (κ2) is 8.47. The number of anilines is 2. The van der Waals surface area contributed by atoms with Crippen LogP contribution in [0, 0.1) is 0 Å². The molecule has 3 rings (SSSR count). The number of carbonyl (C=O) groups is 1. The molecule has 0 saturated heterocycles. The lowest BCUT2D eigenvalue weighted by molar-refractivity contribution is 0.205. The van der Waals surface area contributed by atoms with Crippen LogP contribution in [0.5, 0.6) is 11.5 Å². The molecule has 0 aliphatic heterocycles. The van der Waals surface area contributed by atoms with E-state index in [1.807, 2.05) is 36.4 Å². The number of rotatable bonds is 7. The van der Waals surface area contributed by atoms with Gasteiger partial charge in [-0.15, -0.1) is 0 Å². The molecule has 1 amide bonds. The molecule has 6 nitrogen and oxygen atoms in total. The molecule has 1 aliphatic carbocycles. The Kier molecular flexibility index (Phi) is 5.84. The molecule has 1 saturated carbocycles. The zero-order chi connectivity index (χ0) is 18.4. The van der Waals surface area contributed by atoms with Gasteiger partial charge in [0.05, 0.1) is 18.9 Å². The Bertz CT molecular complexity index is 740. The highest BCUT2D eigenvalue weighted by atomic mass is 16.5. The van der Waals surface area contributed by atoms with Gasteiger partial charge in [0.15, 0.2) is 0 Å². The van der Waals surface area contributed by atoms with Gasteiger partial charge in [0.2, 0.25) is 0 Å². The molecule has 3 N–H and O–H groups in total. The van der Waals surface area contributed by atoms with Crippen molar-refractivity contribution in [2.75, 3.05) is 17.7 Å². The molecule has 0 heterocycles. The van der Waals surface area contributed by atoms with E-state index in [-0.39, 0.29) is 6.10 Å². The van der Waals surface area contributed by atoms with Gasteiger partial charge >= 0.3 is 6.09 Å². The Balaban J connectivity index is 1.70. The fraction of sp³-hybridized carbons (Fsp3) is 0.350. The summed E-state index contributed by atoms with van der Waals surface area (Å²) >= 11 is 0. The summed E-state index contributed by atoms with van der Waals surface area (Å²) in [5.41, 5.74) is 2.47. The van der Waals surface area contributed by atoms with E-state index in [0.717, 1.165) is 42.7 Å². The van der Waals surface area contributed by atoms with Gasteiger partial charge < -0.3 is 19.9 Å². The zero-order valence-corrected chi connectivity index (χ0v) is 14.8. The van der Waals surface area contributed by atoms with Crippen LogP contribution in [0.4, 0.5) is 16.2 Å². The minimum Gasteiger partial charge on any atom is -0.497 e. The minimum atomic E-state index is -1.10. The van der Waals surface area contributed by atoms with Crippen LogP contribution in [-0.4, -0.2) is 24.4 Å². The Morgan fingerprint density at radius 1 is 1.15 bits per heavy atom. The summed E-state index contributed by atoms with van der Waals surface area (Å²) in [5, 5.41) is 14.8. The average molecular weight is 356 g/mol. The summed E-state index contributed by atoms with van der Waals surface area (Å²) in [6.07, 6.45) is 3.39. The fourth-order valence-corrected chi connectivity index (χ4v) is 3.08. The SMILES string of the molecule is COc1ccc(CNc2ccc(NC(=O)O)c(OC3CCCC3)c2)cc1. The number of hydrogen-bond donors (Lipinski definition) is 3. The third-order valence-electron chi connectivity index (χ3n) is 4.47. The topological polar surface area (TPSA) is 79.8 Å². The molecule has 6 heteroatoms. The molecular weight excluding hydrogens is 332 g/mol. The number of nitrogens with one attached hydrogen (secondary N) is 2. The van der Waals surface area contributed by atoms with Crippen molar-refractivity contribution in [2.24, 2.45) is 0 Å². The lowest BCUT2D eigenvalue weighted by atomic mass is 10.2. The van der Waals surface area contributed by atoms with Gasteiger partial charge in [-0.3, -0.25) is 5.32 Å². The molecule has 2 aromatic carbocycles. The van der Waals surface area contributed by atoms with Gasteiger partial charge in [0, 0.05) is 18.3 Å². The Morgan fingerprint density at radius 2 is 1.88 bits per heavy atom. The standard InChI is InChI=1S/C20H24N2O4/c1-25-16-9-6-14(7-10-16)13-21-15-8-11-18(22-20(23)24)19(12-15)26-17-4-2-3-5-17/h6-12,17,21-22H,2-5,13H2,1H3,(H,23,24). The van der Waals surface area contributed by atoms with Crippen molar-refractivity contribution < 1.29 is 19.4 Å². The van der Waals surface area contributed by atoms with E-state index >= 15 is 0 Å². The molecule has 2 aromatic rings. The summed E-state index contributed by atoms with van der Waals surface area (Å²) in [6.45, 7) is 0.651. The molecule has 0 spiro atoms. The summed E-state index contributed by atoms with van der Waals surface area (Å²) in [7, 11) is 1.64. The van der Waals surface area contributed by atoms with Gasteiger partial charge in [0.1, 0.15) is 11.5 Å². The van der Waals surface area contributed by atoms with Crippen molar-refractivity contribution in [3.63, 3.8) is 0 Å². The van der Waals surface area contributed by atoms with E-state index in [1.54, 1.807) is 13.2 Å². The first-order valence-electron chi connectivity index (χ1n) is 8.81. The number of carboxylic acid groups (broad SMARTS) is 1. The van der Waals surface area contributed by atoms with Crippen LogP contribution in [-0.2, 0) is 6.54 Å². The van der Waals surface area contributed by atoms with Crippen LogP contribution in [0.3, 0.4) is 0 Å². The number of amides is 1. The Hall–Kier alpha value is -2.89. The predicted molar refractivity (Wildman–Crippen MR) is 101 cm³/mol. The molecular formula is C20H24N2O4. The Labute approximate surface area is 153 Å². The highest BCUT2D eigenvalue weighted by molar-refractivity contribution is 5.85. The molecule has 0 radical (unpaired) electrons. The monoisotopic (exact) mass is 356 g/mol. The van der Waals surface area contributed by atoms with E-state index in [1.165, 1.54) is 0 Å². The first-order chi connectivity index (χ1) is 12.6. The molecule has 0 aromatic heterocycles. The molecule has 1 fully saturated rings. The molecule has 0 unspecified atom stereocenters. The van der Waals surface area contributed by atoms with E-state index < -0.39 is 6.09 Å². The van der Waals surface area contributed by atoms with Crippen LogP contribution >= 0.6 is 0 Å². The van der Waals surface area contributed by atoms with Crippen molar-refractivity contribution in [1.82, 2.24) is 0 Å². The van der Waals surface area contributed by atoms with Crippen molar-refractivity contribution in [1.29, 1.82) is 0 Å². The lowest BCUT2D eigenvalue weighted by Gasteiger charge is -2.18. The molecule has 0 atom stereocenters. The molecule has 138 valence electrons. The average Bonchev–Trinajstić information content (AvgIpc) is 3.15. The maximum absolute atomic E-state index is 11.0. The van der Waals surface area contributed by atoms with Crippen LogP contribution < -0.4 is 20.1 Å². The largest absolute Gasteiger partial charge is 0.497 e. The quantitative estimate of drug-likeness (QED) is 0.669. The van der Waals surface area contributed by atoms with Gasteiger partial charge in [-0.25, -0.2) is 4.79 Å². The van der Waals surface area contributed by atoms with Crippen LogP contribution in [0.25, 0.3) is 0 Å². The minimum absolute atomic E-state index is 0.154. The number of ether oxygens (including phenoxy) is 2. The van der Waals surface area contributed by atoms with Crippen molar-refractivity contribution in [3.05, 3.63) is 48.0 Å². The van der Waals surface area contributed by atoms with Gasteiger partial charge in [0.25, 0.3) is 0 Å². The summed E-state index contributed by atoms with van der Waals surface area (Å²) < 4.78 is 11.2.